The maximum atomic E-state index is 5.45. The SMILES string of the molecule is CCN(CC)c1ccc(C(c2ccc(N(CC)CC)cc2)c2sc(N(CC)C3C=CC=CC3C)nc2-c2ccccc2)cc1. The highest BCUT2D eigenvalue weighted by Crippen LogP contribution is 2.45. The molecule has 0 N–H and O–H groups in total. The molecule has 1 aliphatic rings. The second-order valence-corrected chi connectivity index (χ2v) is 12.5. The Morgan fingerprint density at radius 1 is 0.659 bits per heavy atom. The molecular weight excluding hydrogens is 557 g/mol. The molecule has 2 unspecified atom stereocenters. The average molecular weight is 605 g/mol. The van der Waals surface area contributed by atoms with Crippen molar-refractivity contribution in [1.82, 2.24) is 4.98 Å². The van der Waals surface area contributed by atoms with Crippen LogP contribution in [0.25, 0.3) is 11.3 Å². The summed E-state index contributed by atoms with van der Waals surface area (Å²) in [7, 11) is 0. The lowest BCUT2D eigenvalue weighted by Gasteiger charge is -2.32. The van der Waals surface area contributed by atoms with Gasteiger partial charge in [0, 0.05) is 60.5 Å². The zero-order valence-electron chi connectivity index (χ0n) is 27.3. The van der Waals surface area contributed by atoms with Gasteiger partial charge in [-0.3, -0.25) is 0 Å². The van der Waals surface area contributed by atoms with Crippen LogP contribution in [-0.4, -0.2) is 43.7 Å². The summed E-state index contributed by atoms with van der Waals surface area (Å²) in [5.74, 6) is 0.481. The Labute approximate surface area is 269 Å². The van der Waals surface area contributed by atoms with E-state index in [1.807, 2.05) is 11.3 Å². The molecule has 1 aliphatic carbocycles. The molecule has 0 saturated heterocycles. The van der Waals surface area contributed by atoms with Crippen molar-refractivity contribution in [2.24, 2.45) is 5.92 Å². The number of likely N-dealkylation sites (N-methyl/N-ethyl adjacent to an activating group) is 1. The molecule has 4 nitrogen and oxygen atoms in total. The lowest BCUT2D eigenvalue weighted by molar-refractivity contribution is 0.570. The Hall–Kier alpha value is -3.83. The zero-order valence-corrected chi connectivity index (χ0v) is 28.1. The molecular formula is C39H48N4S. The summed E-state index contributed by atoms with van der Waals surface area (Å²) < 4.78 is 0. The largest absolute Gasteiger partial charge is 0.372 e. The fourth-order valence-corrected chi connectivity index (χ4v) is 7.79. The highest BCUT2D eigenvalue weighted by atomic mass is 32.1. The van der Waals surface area contributed by atoms with Gasteiger partial charge in [-0.1, -0.05) is 85.8 Å². The van der Waals surface area contributed by atoms with Crippen LogP contribution in [0.5, 0.6) is 0 Å². The summed E-state index contributed by atoms with van der Waals surface area (Å²) in [6, 6.07) is 29.5. The first-order chi connectivity index (χ1) is 21.5. The van der Waals surface area contributed by atoms with Crippen molar-refractivity contribution >= 4 is 27.8 Å². The number of anilines is 3. The van der Waals surface area contributed by atoms with Crippen molar-refractivity contribution in [3.05, 3.63) is 119 Å². The number of allylic oxidation sites excluding steroid dienone is 2. The fourth-order valence-electron chi connectivity index (χ4n) is 6.44. The zero-order chi connectivity index (χ0) is 31.1. The molecule has 0 saturated carbocycles. The molecule has 0 fully saturated rings. The van der Waals surface area contributed by atoms with E-state index >= 15 is 0 Å². The highest BCUT2D eigenvalue weighted by Gasteiger charge is 2.29. The van der Waals surface area contributed by atoms with Gasteiger partial charge >= 0.3 is 0 Å². The van der Waals surface area contributed by atoms with Crippen LogP contribution >= 0.6 is 11.3 Å². The van der Waals surface area contributed by atoms with Gasteiger partial charge in [0.1, 0.15) is 0 Å². The minimum absolute atomic E-state index is 0.0610. The third kappa shape index (κ3) is 6.63. The maximum absolute atomic E-state index is 5.45. The predicted molar refractivity (Wildman–Crippen MR) is 193 cm³/mol. The van der Waals surface area contributed by atoms with Crippen molar-refractivity contribution < 1.29 is 0 Å². The smallest absolute Gasteiger partial charge is 0.186 e. The lowest BCUT2D eigenvalue weighted by Crippen LogP contribution is -2.38. The van der Waals surface area contributed by atoms with Crippen LogP contribution in [0.2, 0.25) is 0 Å². The standard InChI is InChI=1S/C39H48N4S/c1-7-41(8-2)33-25-21-30(22-26-33)36(31-23-27-34(28-24-31)42(9-3)10-4)38-37(32-18-13-12-14-19-32)40-39(44-38)43(11-5)35-20-16-15-17-29(35)6/h12-29,35-36H,7-11H2,1-6H3. The van der Waals surface area contributed by atoms with Crippen molar-refractivity contribution in [3.63, 3.8) is 0 Å². The van der Waals surface area contributed by atoms with Crippen LogP contribution < -0.4 is 14.7 Å². The van der Waals surface area contributed by atoms with Gasteiger partial charge in [-0.25, -0.2) is 4.98 Å². The topological polar surface area (TPSA) is 22.6 Å². The number of hydrogen-bond acceptors (Lipinski definition) is 5. The van der Waals surface area contributed by atoms with E-state index in [0.29, 0.717) is 5.92 Å². The van der Waals surface area contributed by atoms with Crippen LogP contribution in [0.4, 0.5) is 16.5 Å². The van der Waals surface area contributed by atoms with E-state index < -0.39 is 0 Å². The molecule has 1 aromatic heterocycles. The number of benzene rings is 3. The first-order valence-electron chi connectivity index (χ1n) is 16.4. The first kappa shape index (κ1) is 31.6. The van der Waals surface area contributed by atoms with E-state index in [4.69, 9.17) is 4.98 Å². The van der Waals surface area contributed by atoms with Crippen LogP contribution in [0.3, 0.4) is 0 Å². The van der Waals surface area contributed by atoms with Crippen molar-refractivity contribution in [2.75, 3.05) is 47.4 Å². The molecule has 0 aliphatic heterocycles. The molecule has 0 bridgehead atoms. The first-order valence-corrected chi connectivity index (χ1v) is 17.2. The molecule has 0 amide bonds. The summed E-state index contributed by atoms with van der Waals surface area (Å²) >= 11 is 1.86. The van der Waals surface area contributed by atoms with Gasteiger partial charge in [0.2, 0.25) is 0 Å². The minimum atomic E-state index is 0.0610. The van der Waals surface area contributed by atoms with E-state index in [-0.39, 0.29) is 12.0 Å². The van der Waals surface area contributed by atoms with Gasteiger partial charge in [-0.2, -0.15) is 0 Å². The van der Waals surface area contributed by atoms with Gasteiger partial charge in [0.25, 0.3) is 0 Å². The second-order valence-electron chi connectivity index (χ2n) is 11.4. The van der Waals surface area contributed by atoms with Gasteiger partial charge < -0.3 is 14.7 Å². The lowest BCUT2D eigenvalue weighted by atomic mass is 9.87. The third-order valence-electron chi connectivity index (χ3n) is 8.98. The number of rotatable bonds is 13. The summed E-state index contributed by atoms with van der Waals surface area (Å²) in [6.45, 7) is 18.3. The molecule has 3 aromatic carbocycles. The van der Waals surface area contributed by atoms with Crippen molar-refractivity contribution in [2.45, 2.75) is 53.5 Å². The van der Waals surface area contributed by atoms with Crippen LogP contribution in [-0.2, 0) is 0 Å². The predicted octanol–water partition coefficient (Wildman–Crippen LogP) is 9.64. The number of aromatic nitrogens is 1. The average Bonchev–Trinajstić information content (AvgIpc) is 3.50. The molecule has 4 aromatic rings. The number of thiazole rings is 1. The van der Waals surface area contributed by atoms with E-state index in [0.717, 1.165) is 49.1 Å². The number of nitrogens with zero attached hydrogens (tertiary/aromatic N) is 4. The van der Waals surface area contributed by atoms with Crippen LogP contribution in [0.1, 0.15) is 63.5 Å². The maximum Gasteiger partial charge on any atom is 0.186 e. The molecule has 5 rings (SSSR count). The number of hydrogen-bond donors (Lipinski definition) is 0. The minimum Gasteiger partial charge on any atom is -0.372 e. The fraction of sp³-hybridized carbons (Fsp3) is 0.359. The molecule has 44 heavy (non-hydrogen) atoms. The van der Waals surface area contributed by atoms with Gasteiger partial charge in [0.05, 0.1) is 11.7 Å². The molecule has 5 heteroatoms. The molecule has 0 radical (unpaired) electrons. The molecule has 0 spiro atoms. The Morgan fingerprint density at radius 3 is 1.66 bits per heavy atom. The Morgan fingerprint density at radius 2 is 1.18 bits per heavy atom. The molecule has 2 atom stereocenters. The van der Waals surface area contributed by atoms with Gasteiger partial charge in [-0.15, -0.1) is 11.3 Å². The molecule has 230 valence electrons. The summed E-state index contributed by atoms with van der Waals surface area (Å²) in [5.41, 5.74) is 7.37. The quantitative estimate of drug-likeness (QED) is 0.152. The normalized spacial score (nSPS) is 16.0. The van der Waals surface area contributed by atoms with Crippen LogP contribution in [0.15, 0.2) is 103 Å². The Balaban J connectivity index is 1.68. The third-order valence-corrected chi connectivity index (χ3v) is 10.1. The van der Waals surface area contributed by atoms with Crippen molar-refractivity contribution in [3.8, 4) is 11.3 Å². The Kier molecular flexibility index (Phi) is 10.6. The van der Waals surface area contributed by atoms with Gasteiger partial charge in [-0.05, 0) is 75.9 Å². The van der Waals surface area contributed by atoms with Crippen LogP contribution in [0, 0.1) is 5.92 Å². The second kappa shape index (κ2) is 14.8. The molecule has 1 heterocycles. The van der Waals surface area contributed by atoms with E-state index in [9.17, 15) is 0 Å². The van der Waals surface area contributed by atoms with E-state index in [1.165, 1.54) is 27.4 Å². The van der Waals surface area contributed by atoms with E-state index in [1.54, 1.807) is 0 Å². The van der Waals surface area contributed by atoms with Gasteiger partial charge in [0.15, 0.2) is 5.13 Å². The highest BCUT2D eigenvalue weighted by molar-refractivity contribution is 7.16. The summed E-state index contributed by atoms with van der Waals surface area (Å²) in [5, 5.41) is 1.09. The summed E-state index contributed by atoms with van der Waals surface area (Å²) in [6.07, 6.45) is 8.97. The summed E-state index contributed by atoms with van der Waals surface area (Å²) in [4.78, 5) is 14.0. The van der Waals surface area contributed by atoms with Crippen molar-refractivity contribution in [1.29, 1.82) is 0 Å². The monoisotopic (exact) mass is 604 g/mol. The Bertz CT molecular complexity index is 1460. The van der Waals surface area contributed by atoms with E-state index in [2.05, 4.69) is 159 Å².